The molecule has 0 aliphatic carbocycles. The number of nitrogens with one attached hydrogen (secondary N) is 1. The first-order chi connectivity index (χ1) is 21.7. The Balaban J connectivity index is 3.54. The third-order valence-electron chi connectivity index (χ3n) is 8.93. The van der Waals surface area contributed by atoms with Crippen LogP contribution in [0.5, 0.6) is 0 Å². The molecule has 44 heavy (non-hydrogen) atoms. The molecule has 1 amide bonds. The fourth-order valence-corrected chi connectivity index (χ4v) is 5.88. The molecule has 4 heteroatoms. The van der Waals surface area contributed by atoms with Gasteiger partial charge in [-0.1, -0.05) is 179 Å². The molecule has 0 saturated heterocycles. The van der Waals surface area contributed by atoms with Crippen LogP contribution in [0.4, 0.5) is 0 Å². The van der Waals surface area contributed by atoms with E-state index in [-0.39, 0.29) is 12.5 Å². The summed E-state index contributed by atoms with van der Waals surface area (Å²) in [6.07, 6.45) is 45.5. The Bertz CT molecular complexity index is 632. The van der Waals surface area contributed by atoms with Crippen molar-refractivity contribution in [1.82, 2.24) is 5.32 Å². The molecule has 0 heterocycles. The number of amides is 1. The Hall–Kier alpha value is -1.13. The van der Waals surface area contributed by atoms with Gasteiger partial charge in [0.25, 0.3) is 0 Å². The van der Waals surface area contributed by atoms with Crippen molar-refractivity contribution in [1.29, 1.82) is 0 Å². The van der Waals surface area contributed by atoms with Gasteiger partial charge in [-0.15, -0.1) is 0 Å². The smallest absolute Gasteiger partial charge is 0.220 e. The van der Waals surface area contributed by atoms with Crippen LogP contribution in [-0.4, -0.2) is 34.9 Å². The van der Waals surface area contributed by atoms with Gasteiger partial charge in [-0.05, 0) is 44.9 Å². The average molecular weight is 620 g/mol. The lowest BCUT2D eigenvalue weighted by Gasteiger charge is -2.20. The van der Waals surface area contributed by atoms with Crippen molar-refractivity contribution in [2.75, 3.05) is 6.61 Å². The van der Waals surface area contributed by atoms with Gasteiger partial charge >= 0.3 is 0 Å². The molecule has 260 valence electrons. The molecule has 0 aromatic carbocycles. The van der Waals surface area contributed by atoms with Crippen molar-refractivity contribution in [3.8, 4) is 0 Å². The van der Waals surface area contributed by atoms with Crippen LogP contribution in [0, 0.1) is 0 Å². The second-order valence-corrected chi connectivity index (χ2v) is 13.3. The minimum atomic E-state index is -0.834. The maximum absolute atomic E-state index is 12.3. The summed E-state index contributed by atoms with van der Waals surface area (Å²) in [6.45, 7) is 4.29. The first kappa shape index (κ1) is 42.9. The molecule has 3 N–H and O–H groups in total. The predicted molar refractivity (Wildman–Crippen MR) is 193 cm³/mol. The van der Waals surface area contributed by atoms with E-state index in [1.807, 2.05) is 6.08 Å². The molecule has 0 aliphatic rings. The van der Waals surface area contributed by atoms with Crippen LogP contribution in [0.25, 0.3) is 0 Å². The van der Waals surface area contributed by atoms with Gasteiger partial charge in [0, 0.05) is 6.42 Å². The SMILES string of the molecule is CCCCCCCC/C=C\CCCCCCCCCCCCCC(=O)N[C@@H](CO)[C@H](O)/C=C/CCCCCCCCCCC. The van der Waals surface area contributed by atoms with E-state index in [9.17, 15) is 15.0 Å². The van der Waals surface area contributed by atoms with E-state index < -0.39 is 12.1 Å². The van der Waals surface area contributed by atoms with E-state index in [0.717, 1.165) is 25.7 Å². The van der Waals surface area contributed by atoms with Gasteiger partial charge in [-0.3, -0.25) is 4.79 Å². The number of aliphatic hydroxyl groups excluding tert-OH is 2. The topological polar surface area (TPSA) is 69.6 Å². The summed E-state index contributed by atoms with van der Waals surface area (Å²) in [5.41, 5.74) is 0. The summed E-state index contributed by atoms with van der Waals surface area (Å²) in [5, 5.41) is 22.9. The molecule has 0 aromatic heterocycles. The zero-order chi connectivity index (χ0) is 32.2. The molecule has 0 saturated carbocycles. The van der Waals surface area contributed by atoms with Crippen molar-refractivity contribution in [2.24, 2.45) is 0 Å². The summed E-state index contributed by atoms with van der Waals surface area (Å²) < 4.78 is 0. The molecule has 0 rings (SSSR count). The highest BCUT2D eigenvalue weighted by Gasteiger charge is 2.17. The van der Waals surface area contributed by atoms with E-state index in [1.54, 1.807) is 6.08 Å². The zero-order valence-electron chi connectivity index (χ0n) is 29.7. The van der Waals surface area contributed by atoms with Crippen LogP contribution < -0.4 is 5.32 Å². The number of allylic oxidation sites excluding steroid dienone is 3. The maximum Gasteiger partial charge on any atom is 0.220 e. The molecule has 0 unspecified atom stereocenters. The molecule has 0 spiro atoms. The van der Waals surface area contributed by atoms with Crippen LogP contribution in [0.1, 0.15) is 206 Å². The molecule has 0 aromatic rings. The Kier molecular flexibility index (Phi) is 35.4. The third-order valence-corrected chi connectivity index (χ3v) is 8.93. The number of unbranched alkanes of at least 4 members (excludes halogenated alkanes) is 26. The van der Waals surface area contributed by atoms with E-state index in [2.05, 4.69) is 31.3 Å². The average Bonchev–Trinajstić information content (AvgIpc) is 3.03. The second-order valence-electron chi connectivity index (χ2n) is 13.3. The zero-order valence-corrected chi connectivity index (χ0v) is 29.7. The van der Waals surface area contributed by atoms with Crippen LogP contribution >= 0.6 is 0 Å². The van der Waals surface area contributed by atoms with Gasteiger partial charge in [0.15, 0.2) is 0 Å². The number of carbonyl (C=O) groups excluding carboxylic acids is 1. The lowest BCUT2D eigenvalue weighted by atomic mass is 10.0. The minimum Gasteiger partial charge on any atom is -0.394 e. The molecule has 0 radical (unpaired) electrons. The molecule has 0 aliphatic heterocycles. The number of rotatable bonds is 35. The number of aliphatic hydroxyl groups is 2. The van der Waals surface area contributed by atoms with Gasteiger partial charge in [0.2, 0.25) is 5.91 Å². The quantitative estimate of drug-likeness (QED) is 0.0488. The number of hydrogen-bond donors (Lipinski definition) is 3. The van der Waals surface area contributed by atoms with Crippen LogP contribution in [-0.2, 0) is 4.79 Å². The largest absolute Gasteiger partial charge is 0.394 e. The summed E-state index contributed by atoms with van der Waals surface area (Å²) in [5.74, 6) is -0.0660. The first-order valence-electron chi connectivity index (χ1n) is 19.6. The highest BCUT2D eigenvalue weighted by Crippen LogP contribution is 2.14. The maximum atomic E-state index is 12.3. The monoisotopic (exact) mass is 620 g/mol. The molecule has 2 atom stereocenters. The van der Waals surface area contributed by atoms with Crippen molar-refractivity contribution in [2.45, 2.75) is 219 Å². The van der Waals surface area contributed by atoms with E-state index in [0.29, 0.717) is 6.42 Å². The van der Waals surface area contributed by atoms with Gasteiger partial charge in [0.05, 0.1) is 18.8 Å². The summed E-state index contributed by atoms with van der Waals surface area (Å²) in [6, 6.07) is -0.617. The van der Waals surface area contributed by atoms with Crippen LogP contribution in [0.15, 0.2) is 24.3 Å². The molecular formula is C40H77NO3. The normalized spacial score (nSPS) is 13.3. The van der Waals surface area contributed by atoms with Gasteiger partial charge < -0.3 is 15.5 Å². The van der Waals surface area contributed by atoms with Crippen molar-refractivity contribution >= 4 is 5.91 Å². The summed E-state index contributed by atoms with van der Waals surface area (Å²) in [4.78, 5) is 12.3. The van der Waals surface area contributed by atoms with Gasteiger partial charge in [-0.2, -0.15) is 0 Å². The van der Waals surface area contributed by atoms with E-state index >= 15 is 0 Å². The van der Waals surface area contributed by atoms with Gasteiger partial charge in [0.1, 0.15) is 0 Å². The minimum absolute atomic E-state index is 0.0660. The van der Waals surface area contributed by atoms with Crippen molar-refractivity contribution in [3.05, 3.63) is 24.3 Å². The Labute approximate surface area is 275 Å². The molecular weight excluding hydrogens is 542 g/mol. The second kappa shape index (κ2) is 36.3. The van der Waals surface area contributed by atoms with Crippen molar-refractivity contribution in [3.63, 3.8) is 0 Å². The van der Waals surface area contributed by atoms with Crippen LogP contribution in [0.2, 0.25) is 0 Å². The fourth-order valence-electron chi connectivity index (χ4n) is 5.88. The van der Waals surface area contributed by atoms with Crippen LogP contribution in [0.3, 0.4) is 0 Å². The highest BCUT2D eigenvalue weighted by molar-refractivity contribution is 5.76. The standard InChI is InChI=1S/C40H77NO3/c1-3-5-7-9-11-13-15-16-17-18-19-20-21-22-23-24-26-28-30-32-34-36-40(44)41-38(37-42)39(43)35-33-31-29-27-25-14-12-10-8-6-4-2/h16-17,33,35,38-39,42-43H,3-15,18-32,34,36-37H2,1-2H3,(H,41,44)/b17-16-,35-33+/t38-,39+/m0/s1. The summed E-state index contributed by atoms with van der Waals surface area (Å²) in [7, 11) is 0. The number of hydrogen-bond acceptors (Lipinski definition) is 3. The predicted octanol–water partition coefficient (Wildman–Crippen LogP) is 11.7. The first-order valence-corrected chi connectivity index (χ1v) is 19.6. The highest BCUT2D eigenvalue weighted by atomic mass is 16.3. The molecule has 0 fully saturated rings. The lowest BCUT2D eigenvalue weighted by Crippen LogP contribution is -2.45. The Morgan fingerprint density at radius 1 is 0.523 bits per heavy atom. The lowest BCUT2D eigenvalue weighted by molar-refractivity contribution is -0.123. The number of carbonyl (C=O) groups is 1. The van der Waals surface area contributed by atoms with Gasteiger partial charge in [-0.25, -0.2) is 0 Å². The third kappa shape index (κ3) is 32.3. The Morgan fingerprint density at radius 2 is 0.864 bits per heavy atom. The molecule has 4 nitrogen and oxygen atoms in total. The summed E-state index contributed by atoms with van der Waals surface area (Å²) >= 11 is 0. The Morgan fingerprint density at radius 3 is 1.25 bits per heavy atom. The van der Waals surface area contributed by atoms with E-state index in [4.69, 9.17) is 0 Å². The fraction of sp³-hybridized carbons (Fsp3) is 0.875. The van der Waals surface area contributed by atoms with E-state index in [1.165, 1.54) is 161 Å². The molecule has 0 bridgehead atoms. The van der Waals surface area contributed by atoms with Crippen molar-refractivity contribution < 1.29 is 15.0 Å².